The van der Waals surface area contributed by atoms with E-state index in [0.717, 1.165) is 42.8 Å². The molecule has 2 aliphatic heterocycles. The fourth-order valence-electron chi connectivity index (χ4n) is 4.53. The number of nitrogens with zero attached hydrogens (tertiary/aromatic N) is 3. The second-order valence-electron chi connectivity index (χ2n) is 9.42. The van der Waals surface area contributed by atoms with E-state index in [1.54, 1.807) is 14.1 Å². The highest BCUT2D eigenvalue weighted by molar-refractivity contribution is 7.89. The van der Waals surface area contributed by atoms with Crippen molar-refractivity contribution in [3.8, 4) is 0 Å². The van der Waals surface area contributed by atoms with Crippen molar-refractivity contribution in [3.05, 3.63) is 45.8 Å². The lowest BCUT2D eigenvalue weighted by Gasteiger charge is -2.25. The lowest BCUT2D eigenvalue weighted by Crippen LogP contribution is -2.39. The number of nitrogens with one attached hydrogen (secondary N) is 2. The summed E-state index contributed by atoms with van der Waals surface area (Å²) in [4.78, 5) is 43.0. The molecular formula is C25H33N5O5S2. The number of piperidine rings is 1. The minimum Gasteiger partial charge on any atom is -0.331 e. The fraction of sp³-hybridized carbons (Fsp3) is 0.480. The number of benzene rings is 1. The van der Waals surface area contributed by atoms with E-state index in [1.807, 2.05) is 0 Å². The Hall–Kier alpha value is -2.80. The monoisotopic (exact) mass is 547 g/mol. The molecule has 4 rings (SSSR count). The van der Waals surface area contributed by atoms with Gasteiger partial charge in [-0.25, -0.2) is 13.2 Å². The van der Waals surface area contributed by atoms with Crippen LogP contribution in [0.2, 0.25) is 0 Å². The van der Waals surface area contributed by atoms with Crippen LogP contribution in [-0.2, 0) is 23.0 Å². The Morgan fingerprint density at radius 2 is 1.68 bits per heavy atom. The molecule has 10 nitrogen and oxygen atoms in total. The summed E-state index contributed by atoms with van der Waals surface area (Å²) in [6.45, 7) is 5.39. The lowest BCUT2D eigenvalue weighted by atomic mass is 10.0. The van der Waals surface area contributed by atoms with Gasteiger partial charge in [0.1, 0.15) is 5.00 Å². The zero-order valence-corrected chi connectivity index (χ0v) is 23.0. The summed E-state index contributed by atoms with van der Waals surface area (Å²) in [5, 5.41) is 5.60. The standard InChI is InChI=1S/C25H33N5O5S2/c1-4-29-15-12-19-20(16-29)36-24(21(19)23(32)27-25(33)28(2)3)26-22(31)17-8-10-18(11-9-17)37(34,35)30-13-6-5-7-14-30/h8-11H,4-7,12-16H2,1-3H3,(H,26,31)(H,27,32,33). The van der Waals surface area contributed by atoms with Gasteiger partial charge in [0.15, 0.2) is 0 Å². The number of fused-ring (bicyclic) bond motifs is 1. The molecule has 1 aromatic heterocycles. The van der Waals surface area contributed by atoms with Crippen LogP contribution < -0.4 is 10.6 Å². The summed E-state index contributed by atoms with van der Waals surface area (Å²) < 4.78 is 27.3. The molecule has 37 heavy (non-hydrogen) atoms. The average molecular weight is 548 g/mol. The molecule has 0 bridgehead atoms. The molecule has 200 valence electrons. The Kier molecular flexibility index (Phi) is 8.32. The first-order chi connectivity index (χ1) is 17.6. The summed E-state index contributed by atoms with van der Waals surface area (Å²) in [5.74, 6) is -1.01. The number of sulfonamides is 1. The molecule has 2 N–H and O–H groups in total. The molecule has 4 amide bonds. The second kappa shape index (κ2) is 11.3. The molecule has 1 fully saturated rings. The molecule has 1 aromatic carbocycles. The van der Waals surface area contributed by atoms with E-state index < -0.39 is 27.9 Å². The van der Waals surface area contributed by atoms with Crippen LogP contribution >= 0.6 is 11.3 Å². The fourth-order valence-corrected chi connectivity index (χ4v) is 7.33. The smallest absolute Gasteiger partial charge is 0.323 e. The third-order valence-corrected chi connectivity index (χ3v) is 9.78. The number of carbonyl (C=O) groups excluding carboxylic acids is 3. The summed E-state index contributed by atoms with van der Waals surface area (Å²) in [7, 11) is -0.511. The minimum absolute atomic E-state index is 0.152. The number of anilines is 1. The number of likely N-dealkylation sites (N-methyl/N-ethyl adjacent to an activating group) is 1. The molecule has 0 saturated carbocycles. The van der Waals surface area contributed by atoms with Crippen LogP contribution in [0.3, 0.4) is 0 Å². The molecule has 12 heteroatoms. The van der Waals surface area contributed by atoms with E-state index in [-0.39, 0.29) is 10.5 Å². The highest BCUT2D eigenvalue weighted by atomic mass is 32.2. The van der Waals surface area contributed by atoms with Gasteiger partial charge in [-0.15, -0.1) is 11.3 Å². The molecule has 2 aliphatic rings. The van der Waals surface area contributed by atoms with E-state index in [9.17, 15) is 22.8 Å². The minimum atomic E-state index is -3.60. The lowest BCUT2D eigenvalue weighted by molar-refractivity contribution is 0.0956. The number of imide groups is 1. The molecule has 0 aliphatic carbocycles. The van der Waals surface area contributed by atoms with Crippen molar-refractivity contribution in [1.29, 1.82) is 0 Å². The number of amides is 4. The van der Waals surface area contributed by atoms with Crippen LogP contribution in [0.1, 0.15) is 57.3 Å². The third kappa shape index (κ3) is 5.87. The molecule has 3 heterocycles. The second-order valence-corrected chi connectivity index (χ2v) is 12.5. The normalized spacial score (nSPS) is 16.6. The van der Waals surface area contributed by atoms with E-state index in [0.29, 0.717) is 36.6 Å². The van der Waals surface area contributed by atoms with Gasteiger partial charge in [-0.1, -0.05) is 13.3 Å². The molecule has 0 spiro atoms. The van der Waals surface area contributed by atoms with Crippen LogP contribution in [0.15, 0.2) is 29.2 Å². The summed E-state index contributed by atoms with van der Waals surface area (Å²) in [6, 6.07) is 5.31. The molecule has 0 atom stereocenters. The van der Waals surface area contributed by atoms with Crippen molar-refractivity contribution in [1.82, 2.24) is 19.4 Å². The molecule has 0 radical (unpaired) electrons. The number of urea groups is 1. The number of rotatable bonds is 6. The van der Waals surface area contributed by atoms with E-state index in [4.69, 9.17) is 0 Å². The van der Waals surface area contributed by atoms with E-state index in [1.165, 1.54) is 44.8 Å². The van der Waals surface area contributed by atoms with E-state index in [2.05, 4.69) is 22.5 Å². The quantitative estimate of drug-likeness (QED) is 0.574. The van der Waals surface area contributed by atoms with Gasteiger partial charge in [0.25, 0.3) is 11.8 Å². The largest absolute Gasteiger partial charge is 0.331 e. The van der Waals surface area contributed by atoms with Gasteiger partial charge in [0.05, 0.1) is 10.5 Å². The Balaban J connectivity index is 1.57. The highest BCUT2D eigenvalue weighted by Crippen LogP contribution is 2.37. The number of carbonyl (C=O) groups is 3. The predicted octanol–water partition coefficient (Wildman–Crippen LogP) is 2.96. The number of hydrogen-bond acceptors (Lipinski definition) is 7. The molecule has 2 aromatic rings. The zero-order valence-electron chi connectivity index (χ0n) is 21.4. The number of thiophene rings is 1. The summed E-state index contributed by atoms with van der Waals surface area (Å²) in [5.41, 5.74) is 1.43. The van der Waals surface area contributed by atoms with Gasteiger partial charge in [0.2, 0.25) is 10.0 Å². The van der Waals surface area contributed by atoms with Crippen molar-refractivity contribution < 1.29 is 22.8 Å². The molecule has 1 saturated heterocycles. The number of hydrogen-bond donors (Lipinski definition) is 2. The van der Waals surface area contributed by atoms with Gasteiger partial charge in [0, 0.05) is 50.7 Å². The van der Waals surface area contributed by atoms with Gasteiger partial charge < -0.3 is 10.2 Å². The predicted molar refractivity (Wildman–Crippen MR) is 143 cm³/mol. The molecule has 0 unspecified atom stereocenters. The first-order valence-corrected chi connectivity index (χ1v) is 14.7. The van der Waals surface area contributed by atoms with Crippen molar-refractivity contribution in [2.45, 2.75) is 44.0 Å². The van der Waals surface area contributed by atoms with Crippen LogP contribution in [0, 0.1) is 0 Å². The first-order valence-electron chi connectivity index (χ1n) is 12.4. The van der Waals surface area contributed by atoms with Crippen LogP contribution in [0.4, 0.5) is 9.80 Å². The van der Waals surface area contributed by atoms with Gasteiger partial charge >= 0.3 is 6.03 Å². The Morgan fingerprint density at radius 3 is 2.30 bits per heavy atom. The summed E-state index contributed by atoms with van der Waals surface area (Å²) >= 11 is 1.33. The Morgan fingerprint density at radius 1 is 1.00 bits per heavy atom. The van der Waals surface area contributed by atoms with Gasteiger partial charge in [-0.3, -0.25) is 19.8 Å². The topological polar surface area (TPSA) is 119 Å². The average Bonchev–Trinajstić information content (AvgIpc) is 3.26. The van der Waals surface area contributed by atoms with Gasteiger partial charge in [-0.05, 0) is 55.6 Å². The van der Waals surface area contributed by atoms with Crippen LogP contribution in [0.25, 0.3) is 0 Å². The maximum Gasteiger partial charge on any atom is 0.323 e. The van der Waals surface area contributed by atoms with Crippen LogP contribution in [-0.4, -0.2) is 80.6 Å². The first kappa shape index (κ1) is 27.2. The van der Waals surface area contributed by atoms with Gasteiger partial charge in [-0.2, -0.15) is 4.31 Å². The zero-order chi connectivity index (χ0) is 26.7. The van der Waals surface area contributed by atoms with Crippen molar-refractivity contribution in [2.75, 3.05) is 45.6 Å². The Bertz CT molecular complexity index is 1280. The van der Waals surface area contributed by atoms with Crippen molar-refractivity contribution in [2.24, 2.45) is 0 Å². The SMILES string of the molecule is CCN1CCc2c(sc(NC(=O)c3ccc(S(=O)(=O)N4CCCCC4)cc3)c2C(=O)NC(=O)N(C)C)C1. The molecular weight excluding hydrogens is 514 g/mol. The maximum atomic E-state index is 13.1. The Labute approximate surface area is 221 Å². The summed E-state index contributed by atoms with van der Waals surface area (Å²) in [6.07, 6.45) is 3.35. The maximum absolute atomic E-state index is 13.1. The van der Waals surface area contributed by atoms with Crippen LogP contribution in [0.5, 0.6) is 0 Å². The third-order valence-electron chi connectivity index (χ3n) is 6.73. The van der Waals surface area contributed by atoms with Crippen molar-refractivity contribution in [3.63, 3.8) is 0 Å². The highest BCUT2D eigenvalue weighted by Gasteiger charge is 2.30. The van der Waals surface area contributed by atoms with E-state index >= 15 is 0 Å². The van der Waals surface area contributed by atoms with Crippen molar-refractivity contribution >= 4 is 44.2 Å².